The van der Waals surface area contributed by atoms with Crippen molar-refractivity contribution >= 4 is 23.3 Å². The van der Waals surface area contributed by atoms with Crippen LogP contribution in [-0.4, -0.2) is 31.6 Å². The predicted molar refractivity (Wildman–Crippen MR) is 61.7 cm³/mol. The van der Waals surface area contributed by atoms with Gasteiger partial charge in [0.05, 0.1) is 5.69 Å². The number of aromatic nitrogens is 4. The van der Waals surface area contributed by atoms with Gasteiger partial charge in [0.15, 0.2) is 0 Å². The van der Waals surface area contributed by atoms with Crippen molar-refractivity contribution in [1.82, 2.24) is 19.6 Å². The molecule has 0 aliphatic carbocycles. The quantitative estimate of drug-likeness (QED) is 0.751. The van der Waals surface area contributed by atoms with E-state index in [1.165, 1.54) is 11.8 Å². The molecule has 6 heteroatoms. The number of aryl methyl sites for hydroxylation is 1. The lowest BCUT2D eigenvalue weighted by molar-refractivity contribution is -0.116. The molecule has 0 spiro atoms. The lowest BCUT2D eigenvalue weighted by Crippen LogP contribution is -2.04. The smallest absolute Gasteiger partial charge is 0.253 e. The molecule has 0 aromatic carbocycles. The molecule has 0 amide bonds. The van der Waals surface area contributed by atoms with E-state index in [1.54, 1.807) is 11.4 Å². The van der Waals surface area contributed by atoms with Gasteiger partial charge in [-0.1, -0.05) is 11.8 Å². The first kappa shape index (κ1) is 11.1. The molecule has 0 radical (unpaired) electrons. The Morgan fingerprint density at radius 3 is 2.88 bits per heavy atom. The van der Waals surface area contributed by atoms with Crippen LogP contribution in [0.5, 0.6) is 0 Å². The fourth-order valence-corrected chi connectivity index (χ4v) is 1.83. The summed E-state index contributed by atoms with van der Waals surface area (Å²) in [4.78, 5) is 19.6. The van der Waals surface area contributed by atoms with Gasteiger partial charge in [0.25, 0.3) is 5.78 Å². The van der Waals surface area contributed by atoms with Crippen LogP contribution in [0.2, 0.25) is 0 Å². The summed E-state index contributed by atoms with van der Waals surface area (Å²) >= 11 is 1.47. The van der Waals surface area contributed by atoms with Crippen LogP contribution >= 0.6 is 11.8 Å². The zero-order valence-electron chi connectivity index (χ0n) is 9.39. The topological polar surface area (TPSA) is 60.2 Å². The Bertz CT molecular complexity index is 549. The highest BCUT2D eigenvalue weighted by Crippen LogP contribution is 2.12. The summed E-state index contributed by atoms with van der Waals surface area (Å²) in [5.41, 5.74) is 1.69. The molecule has 0 saturated carbocycles. The second-order valence-corrected chi connectivity index (χ2v) is 4.35. The van der Waals surface area contributed by atoms with E-state index in [4.69, 9.17) is 0 Å². The second kappa shape index (κ2) is 4.21. The fraction of sp³-hybridized carbons (Fsp3) is 0.400. The number of Topliss-reactive ketones (excluding diaryl/α,β-unsaturated/α-hetero) is 1. The van der Waals surface area contributed by atoms with Crippen LogP contribution in [-0.2, 0) is 11.2 Å². The zero-order chi connectivity index (χ0) is 11.7. The van der Waals surface area contributed by atoms with Gasteiger partial charge in [0.1, 0.15) is 5.78 Å². The Labute approximate surface area is 97.3 Å². The molecular weight excluding hydrogens is 224 g/mol. The average Bonchev–Trinajstić information content (AvgIpc) is 2.60. The third-order valence-electron chi connectivity index (χ3n) is 2.14. The number of carbonyl (C=O) groups is 1. The molecule has 0 unspecified atom stereocenters. The number of hydrogen-bond donors (Lipinski definition) is 0. The van der Waals surface area contributed by atoms with Crippen LogP contribution in [0, 0.1) is 6.92 Å². The summed E-state index contributed by atoms with van der Waals surface area (Å²) in [6, 6.07) is 1.87. The molecule has 2 aromatic heterocycles. The lowest BCUT2D eigenvalue weighted by atomic mass is 10.2. The van der Waals surface area contributed by atoms with Crippen molar-refractivity contribution in [2.24, 2.45) is 0 Å². The number of ketones is 1. The van der Waals surface area contributed by atoms with E-state index in [9.17, 15) is 4.79 Å². The minimum atomic E-state index is 0.0980. The van der Waals surface area contributed by atoms with E-state index >= 15 is 0 Å². The summed E-state index contributed by atoms with van der Waals surface area (Å²) in [5, 5.41) is 4.96. The first-order valence-electron chi connectivity index (χ1n) is 4.87. The van der Waals surface area contributed by atoms with Gasteiger partial charge in [0.2, 0.25) is 5.16 Å². The highest BCUT2D eigenvalue weighted by atomic mass is 32.2. The molecule has 2 aromatic rings. The van der Waals surface area contributed by atoms with Gasteiger partial charge in [-0.2, -0.15) is 4.98 Å². The minimum absolute atomic E-state index is 0.0980. The molecule has 2 heterocycles. The van der Waals surface area contributed by atoms with Crippen molar-refractivity contribution in [3.63, 3.8) is 0 Å². The predicted octanol–water partition coefficient (Wildman–Crippen LogP) is 1.29. The van der Waals surface area contributed by atoms with Crippen molar-refractivity contribution in [2.75, 3.05) is 6.26 Å². The van der Waals surface area contributed by atoms with Gasteiger partial charge in [-0.15, -0.1) is 5.10 Å². The van der Waals surface area contributed by atoms with Crippen LogP contribution in [0.25, 0.3) is 5.78 Å². The largest absolute Gasteiger partial charge is 0.300 e. The van der Waals surface area contributed by atoms with Gasteiger partial charge in [0, 0.05) is 12.1 Å². The summed E-state index contributed by atoms with van der Waals surface area (Å²) in [6.07, 6.45) is 2.26. The van der Waals surface area contributed by atoms with E-state index in [-0.39, 0.29) is 5.78 Å². The summed E-state index contributed by atoms with van der Waals surface area (Å²) in [7, 11) is 0. The number of rotatable bonds is 3. The number of thioether (sulfide) groups is 1. The summed E-state index contributed by atoms with van der Waals surface area (Å²) in [6.45, 7) is 3.48. The molecule has 0 bridgehead atoms. The second-order valence-electron chi connectivity index (χ2n) is 3.58. The Balaban J connectivity index is 2.52. The van der Waals surface area contributed by atoms with Crippen LogP contribution in [0.15, 0.2) is 11.2 Å². The van der Waals surface area contributed by atoms with E-state index in [2.05, 4.69) is 15.1 Å². The van der Waals surface area contributed by atoms with Crippen LogP contribution in [0.3, 0.4) is 0 Å². The Hall–Kier alpha value is -1.43. The third kappa shape index (κ3) is 2.06. The Kier molecular flexibility index (Phi) is 2.91. The van der Waals surface area contributed by atoms with Gasteiger partial charge in [-0.05, 0) is 26.2 Å². The molecule has 0 aliphatic rings. The highest BCUT2D eigenvalue weighted by molar-refractivity contribution is 7.98. The maximum absolute atomic E-state index is 11.0. The summed E-state index contributed by atoms with van der Waals surface area (Å²) < 4.78 is 1.69. The van der Waals surface area contributed by atoms with Crippen LogP contribution in [0.1, 0.15) is 18.3 Å². The van der Waals surface area contributed by atoms with Crippen molar-refractivity contribution < 1.29 is 4.79 Å². The molecule has 0 saturated heterocycles. The van der Waals surface area contributed by atoms with Crippen molar-refractivity contribution in [1.29, 1.82) is 0 Å². The van der Waals surface area contributed by atoms with Crippen molar-refractivity contribution in [2.45, 2.75) is 25.4 Å². The molecule has 84 valence electrons. The number of hydrogen-bond acceptors (Lipinski definition) is 5. The Morgan fingerprint density at radius 1 is 1.50 bits per heavy atom. The highest BCUT2D eigenvalue weighted by Gasteiger charge is 2.09. The van der Waals surface area contributed by atoms with E-state index in [1.807, 2.05) is 19.2 Å². The molecule has 0 aliphatic heterocycles. The number of nitrogens with zero attached hydrogens (tertiary/aromatic N) is 4. The van der Waals surface area contributed by atoms with Gasteiger partial charge < -0.3 is 0 Å². The monoisotopic (exact) mass is 236 g/mol. The summed E-state index contributed by atoms with van der Waals surface area (Å²) in [5.74, 6) is 0.654. The minimum Gasteiger partial charge on any atom is -0.300 e. The average molecular weight is 236 g/mol. The van der Waals surface area contributed by atoms with E-state index in [0.29, 0.717) is 17.4 Å². The van der Waals surface area contributed by atoms with Gasteiger partial charge in [-0.3, -0.25) is 4.79 Å². The van der Waals surface area contributed by atoms with Crippen LogP contribution < -0.4 is 0 Å². The first-order valence-corrected chi connectivity index (χ1v) is 6.09. The molecule has 0 fully saturated rings. The molecule has 16 heavy (non-hydrogen) atoms. The third-order valence-corrected chi connectivity index (χ3v) is 2.67. The van der Waals surface area contributed by atoms with Crippen molar-refractivity contribution in [3.8, 4) is 0 Å². The van der Waals surface area contributed by atoms with Gasteiger partial charge >= 0.3 is 0 Å². The normalized spacial score (nSPS) is 10.9. The van der Waals surface area contributed by atoms with Gasteiger partial charge in [-0.25, -0.2) is 9.50 Å². The standard InChI is InChI=1S/C10H12N4OS/c1-6-4-8(5-7(2)15)11-9-12-10(16-3)13-14(6)9/h4H,5H2,1-3H3. The van der Waals surface area contributed by atoms with Crippen LogP contribution in [0.4, 0.5) is 0 Å². The maximum Gasteiger partial charge on any atom is 0.253 e. The SMILES string of the molecule is CSc1nc2nc(CC(C)=O)cc(C)n2n1. The van der Waals surface area contributed by atoms with Crippen molar-refractivity contribution in [3.05, 3.63) is 17.5 Å². The van der Waals surface area contributed by atoms with E-state index in [0.717, 1.165) is 11.4 Å². The lowest BCUT2D eigenvalue weighted by Gasteiger charge is -2.00. The number of carbonyl (C=O) groups excluding carboxylic acids is 1. The Morgan fingerprint density at radius 2 is 2.25 bits per heavy atom. The molecule has 0 N–H and O–H groups in total. The first-order chi connectivity index (χ1) is 7.60. The molecule has 5 nitrogen and oxygen atoms in total. The molecule has 2 rings (SSSR count). The number of fused-ring (bicyclic) bond motifs is 1. The molecule has 0 atom stereocenters. The fourth-order valence-electron chi connectivity index (χ4n) is 1.49. The van der Waals surface area contributed by atoms with E-state index < -0.39 is 0 Å². The maximum atomic E-state index is 11.0. The molecular formula is C10H12N4OS. The zero-order valence-corrected chi connectivity index (χ0v) is 10.2.